The van der Waals surface area contributed by atoms with Crippen LogP contribution in [-0.4, -0.2) is 47.7 Å². The number of carbonyl (C=O) groups is 1. The van der Waals surface area contributed by atoms with E-state index in [9.17, 15) is 9.90 Å². The predicted octanol–water partition coefficient (Wildman–Crippen LogP) is 2.16. The molecule has 2 aliphatic rings. The molecule has 2 unspecified atom stereocenters. The summed E-state index contributed by atoms with van der Waals surface area (Å²) in [7, 11) is 0. The van der Waals surface area contributed by atoms with Gasteiger partial charge in [0.05, 0.1) is 0 Å². The van der Waals surface area contributed by atoms with Crippen molar-refractivity contribution in [3.05, 3.63) is 0 Å². The highest BCUT2D eigenvalue weighted by Gasteiger charge is 2.31. The Hall–Kier alpha value is -0.610. The number of rotatable bonds is 6. The van der Waals surface area contributed by atoms with Crippen molar-refractivity contribution in [3.8, 4) is 0 Å². The van der Waals surface area contributed by atoms with Gasteiger partial charge in [-0.15, -0.1) is 0 Å². The average molecular weight is 296 g/mol. The number of nitrogens with one attached hydrogen (secondary N) is 1. The molecule has 2 fully saturated rings. The van der Waals surface area contributed by atoms with Crippen LogP contribution in [0.2, 0.25) is 0 Å². The molecule has 2 rings (SSSR count). The Bertz CT molecular complexity index is 327. The molecule has 1 saturated heterocycles. The van der Waals surface area contributed by atoms with Gasteiger partial charge in [0.15, 0.2) is 0 Å². The van der Waals surface area contributed by atoms with Crippen LogP contribution >= 0.6 is 0 Å². The van der Waals surface area contributed by atoms with Crippen molar-refractivity contribution in [2.45, 2.75) is 70.9 Å². The summed E-state index contributed by atoms with van der Waals surface area (Å²) in [5.74, 6) is 1.14. The Morgan fingerprint density at radius 3 is 2.57 bits per heavy atom. The highest BCUT2D eigenvalue weighted by Crippen LogP contribution is 2.24. The largest absolute Gasteiger partial charge is 0.396 e. The smallest absolute Gasteiger partial charge is 0.222 e. The molecular formula is C17H32N2O2. The number of amides is 1. The molecule has 0 aromatic heterocycles. The first-order valence-electron chi connectivity index (χ1n) is 8.73. The average Bonchev–Trinajstić information content (AvgIpc) is 2.91. The zero-order valence-electron chi connectivity index (χ0n) is 13.7. The Morgan fingerprint density at radius 1 is 1.24 bits per heavy atom. The second-order valence-electron chi connectivity index (χ2n) is 7.36. The molecule has 1 heterocycles. The zero-order valence-corrected chi connectivity index (χ0v) is 13.7. The second-order valence-corrected chi connectivity index (χ2v) is 7.36. The summed E-state index contributed by atoms with van der Waals surface area (Å²) >= 11 is 0. The maximum absolute atomic E-state index is 12.4. The summed E-state index contributed by atoms with van der Waals surface area (Å²) in [6.07, 6.45) is 7.78. The molecular weight excluding hydrogens is 264 g/mol. The molecule has 0 bridgehead atoms. The van der Waals surface area contributed by atoms with Crippen LogP contribution < -0.4 is 5.32 Å². The van der Waals surface area contributed by atoms with Gasteiger partial charge in [0.2, 0.25) is 5.91 Å². The van der Waals surface area contributed by atoms with E-state index >= 15 is 0 Å². The normalized spacial score (nSPS) is 27.5. The highest BCUT2D eigenvalue weighted by molar-refractivity contribution is 5.76. The molecule has 0 radical (unpaired) electrons. The van der Waals surface area contributed by atoms with E-state index in [0.29, 0.717) is 30.3 Å². The van der Waals surface area contributed by atoms with Crippen LogP contribution in [-0.2, 0) is 4.79 Å². The predicted molar refractivity (Wildman–Crippen MR) is 85.0 cm³/mol. The van der Waals surface area contributed by atoms with Crippen LogP contribution in [0.5, 0.6) is 0 Å². The first kappa shape index (κ1) is 16.8. The second kappa shape index (κ2) is 8.14. The van der Waals surface area contributed by atoms with Gasteiger partial charge in [-0.05, 0) is 37.5 Å². The van der Waals surface area contributed by atoms with E-state index in [4.69, 9.17) is 0 Å². The molecule has 1 amide bonds. The monoisotopic (exact) mass is 296 g/mol. The van der Waals surface area contributed by atoms with Crippen molar-refractivity contribution in [3.63, 3.8) is 0 Å². The van der Waals surface area contributed by atoms with Gasteiger partial charge in [-0.2, -0.15) is 0 Å². The fourth-order valence-electron chi connectivity index (χ4n) is 3.82. The third kappa shape index (κ3) is 5.26. The number of piperidine rings is 1. The fourth-order valence-corrected chi connectivity index (χ4v) is 3.82. The van der Waals surface area contributed by atoms with Crippen LogP contribution in [0, 0.1) is 11.8 Å². The first-order chi connectivity index (χ1) is 10.1. The third-order valence-electron chi connectivity index (χ3n) is 4.84. The summed E-state index contributed by atoms with van der Waals surface area (Å²) in [6.45, 7) is 6.11. The van der Waals surface area contributed by atoms with Crippen molar-refractivity contribution in [2.75, 3.05) is 19.7 Å². The first-order valence-corrected chi connectivity index (χ1v) is 8.73. The van der Waals surface area contributed by atoms with Crippen LogP contribution in [0.3, 0.4) is 0 Å². The van der Waals surface area contributed by atoms with E-state index in [1.54, 1.807) is 0 Å². The van der Waals surface area contributed by atoms with Gasteiger partial charge >= 0.3 is 0 Å². The summed E-state index contributed by atoms with van der Waals surface area (Å²) in [5.41, 5.74) is 0. The van der Waals surface area contributed by atoms with Crippen molar-refractivity contribution in [1.82, 2.24) is 10.2 Å². The molecule has 2 atom stereocenters. The summed E-state index contributed by atoms with van der Waals surface area (Å²) in [6, 6.07) is 1.06. The van der Waals surface area contributed by atoms with Crippen molar-refractivity contribution in [2.24, 2.45) is 11.8 Å². The molecule has 0 spiro atoms. The number of carbonyl (C=O) groups excluding carboxylic acids is 1. The number of likely N-dealkylation sites (tertiary alicyclic amines) is 1. The molecule has 1 saturated carbocycles. The summed E-state index contributed by atoms with van der Waals surface area (Å²) in [4.78, 5) is 14.4. The molecule has 21 heavy (non-hydrogen) atoms. The molecule has 1 aliphatic heterocycles. The Labute approximate surface area is 129 Å². The van der Waals surface area contributed by atoms with E-state index < -0.39 is 0 Å². The Kier molecular flexibility index (Phi) is 6.49. The van der Waals surface area contributed by atoms with E-state index in [1.165, 1.54) is 25.7 Å². The standard InChI is InChI=1S/C17H32N2O2/c1-13(2)9-17(21)19-11-14(7-8-20)10-16(12-19)18-15-5-3-4-6-15/h13-16,18,20H,3-12H2,1-2H3. The number of aliphatic hydroxyl groups excluding tert-OH is 1. The van der Waals surface area contributed by atoms with Crippen LogP contribution in [0.25, 0.3) is 0 Å². The molecule has 4 heteroatoms. The van der Waals surface area contributed by atoms with Gasteiger partial charge in [-0.3, -0.25) is 4.79 Å². The molecule has 1 aliphatic carbocycles. The van der Waals surface area contributed by atoms with Gasteiger partial charge in [0.25, 0.3) is 0 Å². The Balaban J connectivity index is 1.91. The van der Waals surface area contributed by atoms with E-state index in [1.807, 2.05) is 4.90 Å². The number of hydrogen-bond acceptors (Lipinski definition) is 3. The van der Waals surface area contributed by atoms with Crippen LogP contribution in [0.1, 0.15) is 58.8 Å². The van der Waals surface area contributed by atoms with E-state index in [0.717, 1.165) is 25.9 Å². The molecule has 0 aromatic carbocycles. The number of nitrogens with zero attached hydrogens (tertiary/aromatic N) is 1. The molecule has 2 N–H and O–H groups in total. The van der Waals surface area contributed by atoms with Gasteiger partial charge in [-0.25, -0.2) is 0 Å². The Morgan fingerprint density at radius 2 is 1.95 bits per heavy atom. The van der Waals surface area contributed by atoms with E-state index in [2.05, 4.69) is 19.2 Å². The lowest BCUT2D eigenvalue weighted by atomic mass is 9.90. The minimum Gasteiger partial charge on any atom is -0.396 e. The molecule has 4 nitrogen and oxygen atoms in total. The topological polar surface area (TPSA) is 52.6 Å². The lowest BCUT2D eigenvalue weighted by Gasteiger charge is -2.39. The van der Waals surface area contributed by atoms with Crippen molar-refractivity contribution < 1.29 is 9.90 Å². The lowest BCUT2D eigenvalue weighted by Crippen LogP contribution is -2.53. The van der Waals surface area contributed by atoms with E-state index in [-0.39, 0.29) is 12.5 Å². The quantitative estimate of drug-likeness (QED) is 0.790. The van der Waals surface area contributed by atoms with Gasteiger partial charge in [0.1, 0.15) is 0 Å². The number of aliphatic hydroxyl groups is 1. The highest BCUT2D eigenvalue weighted by atomic mass is 16.3. The lowest BCUT2D eigenvalue weighted by molar-refractivity contribution is -0.134. The minimum absolute atomic E-state index is 0.229. The van der Waals surface area contributed by atoms with Crippen molar-refractivity contribution in [1.29, 1.82) is 0 Å². The molecule has 0 aromatic rings. The van der Waals surface area contributed by atoms with Crippen LogP contribution in [0.15, 0.2) is 0 Å². The van der Waals surface area contributed by atoms with Gasteiger partial charge in [0, 0.05) is 38.2 Å². The third-order valence-corrected chi connectivity index (χ3v) is 4.84. The maximum atomic E-state index is 12.4. The summed E-state index contributed by atoms with van der Waals surface area (Å²) in [5, 5.41) is 13.0. The SMILES string of the molecule is CC(C)CC(=O)N1CC(CCO)CC(NC2CCCC2)C1. The fraction of sp³-hybridized carbons (Fsp3) is 0.941. The summed E-state index contributed by atoms with van der Waals surface area (Å²) < 4.78 is 0. The zero-order chi connectivity index (χ0) is 15.2. The van der Waals surface area contributed by atoms with Gasteiger partial charge in [-0.1, -0.05) is 26.7 Å². The van der Waals surface area contributed by atoms with Crippen molar-refractivity contribution >= 4 is 5.91 Å². The molecule has 122 valence electrons. The minimum atomic E-state index is 0.229. The van der Waals surface area contributed by atoms with Gasteiger partial charge < -0.3 is 15.3 Å². The number of hydrogen-bond donors (Lipinski definition) is 2. The maximum Gasteiger partial charge on any atom is 0.222 e. The van der Waals surface area contributed by atoms with Crippen LogP contribution in [0.4, 0.5) is 0 Å².